The fourth-order valence-corrected chi connectivity index (χ4v) is 3.14. The third-order valence-electron chi connectivity index (χ3n) is 4.20. The maximum absolute atomic E-state index is 12.7. The Hall–Kier alpha value is -3.53. The number of hydrogen-bond acceptors (Lipinski definition) is 5. The van der Waals surface area contributed by atoms with Crippen LogP contribution in [0.3, 0.4) is 0 Å². The summed E-state index contributed by atoms with van der Waals surface area (Å²) in [6, 6.07) is 9.77. The molecule has 30 heavy (non-hydrogen) atoms. The van der Waals surface area contributed by atoms with Crippen LogP contribution in [0, 0.1) is 0 Å². The van der Waals surface area contributed by atoms with E-state index in [-0.39, 0.29) is 45.3 Å². The van der Waals surface area contributed by atoms with E-state index in [1.54, 1.807) is 6.07 Å². The molecule has 7 nitrogen and oxygen atoms in total. The summed E-state index contributed by atoms with van der Waals surface area (Å²) in [5, 5.41) is 14.3. The van der Waals surface area contributed by atoms with Gasteiger partial charge in [-0.25, -0.2) is 9.67 Å². The normalized spacial score (nSPS) is 11.7. The molecular formula is C19H12ClF3N4O3. The Bertz CT molecular complexity index is 1300. The number of H-pyrrole nitrogens is 1. The maximum Gasteiger partial charge on any atom is 0.573 e. The summed E-state index contributed by atoms with van der Waals surface area (Å²) >= 11 is 6.17. The molecule has 11 heteroatoms. The standard InChI is InChI=1S/C19H12ClF3N4O3/c20-13-6-5-11(28)8-14(13)27-17-12(9-24-27)18(29)26-16(25-17)7-10-3-1-2-4-15(10)30-19(21,22)23/h1-6,8-9,28H,7H2,(H,25,26,29). The molecule has 4 rings (SSSR count). The second-order valence-electron chi connectivity index (χ2n) is 6.27. The van der Waals surface area contributed by atoms with E-state index in [0.29, 0.717) is 0 Å². The number of aromatic nitrogens is 4. The highest BCUT2D eigenvalue weighted by molar-refractivity contribution is 6.32. The summed E-state index contributed by atoms with van der Waals surface area (Å²) in [4.78, 5) is 19.3. The predicted molar refractivity (Wildman–Crippen MR) is 102 cm³/mol. The van der Waals surface area contributed by atoms with Crippen molar-refractivity contribution in [1.29, 1.82) is 0 Å². The molecule has 4 aromatic rings. The van der Waals surface area contributed by atoms with Crippen molar-refractivity contribution in [2.45, 2.75) is 12.8 Å². The topological polar surface area (TPSA) is 93.0 Å². The first-order valence-corrected chi connectivity index (χ1v) is 8.88. The SMILES string of the molecule is O=c1[nH]c(Cc2ccccc2OC(F)(F)F)nc2c1cnn2-c1cc(O)ccc1Cl. The number of fused-ring (bicyclic) bond motifs is 1. The molecule has 0 saturated heterocycles. The second kappa shape index (κ2) is 7.38. The molecule has 154 valence electrons. The average Bonchev–Trinajstić information content (AvgIpc) is 3.08. The number of nitrogens with one attached hydrogen (secondary N) is 1. The summed E-state index contributed by atoms with van der Waals surface area (Å²) in [7, 11) is 0. The van der Waals surface area contributed by atoms with Crippen LogP contribution in [0.15, 0.2) is 53.5 Å². The van der Waals surface area contributed by atoms with E-state index in [2.05, 4.69) is 19.8 Å². The van der Waals surface area contributed by atoms with E-state index in [9.17, 15) is 23.1 Å². The number of rotatable bonds is 4. The molecule has 2 aromatic heterocycles. The Balaban J connectivity index is 1.79. The smallest absolute Gasteiger partial charge is 0.508 e. The van der Waals surface area contributed by atoms with E-state index < -0.39 is 17.7 Å². The fraction of sp³-hybridized carbons (Fsp3) is 0.105. The highest BCUT2D eigenvalue weighted by Gasteiger charge is 2.32. The minimum absolute atomic E-state index is 0.0682. The van der Waals surface area contributed by atoms with Crippen LogP contribution in [0.5, 0.6) is 11.5 Å². The van der Waals surface area contributed by atoms with Crippen LogP contribution in [0.2, 0.25) is 5.02 Å². The van der Waals surface area contributed by atoms with Gasteiger partial charge in [0.1, 0.15) is 22.7 Å². The molecular weight excluding hydrogens is 425 g/mol. The summed E-state index contributed by atoms with van der Waals surface area (Å²) in [6.45, 7) is 0. The molecule has 0 bridgehead atoms. The number of halogens is 4. The Morgan fingerprint density at radius 2 is 1.97 bits per heavy atom. The number of alkyl halides is 3. The van der Waals surface area contributed by atoms with Crippen LogP contribution in [-0.4, -0.2) is 31.2 Å². The zero-order valence-corrected chi connectivity index (χ0v) is 15.7. The number of phenolic OH excluding ortho intramolecular Hbond substituents is 1. The van der Waals surface area contributed by atoms with E-state index >= 15 is 0 Å². The number of nitrogens with zero attached hydrogens (tertiary/aromatic N) is 3. The summed E-state index contributed by atoms with van der Waals surface area (Å²) in [5.74, 6) is -0.359. The van der Waals surface area contributed by atoms with Crippen LogP contribution in [0.4, 0.5) is 13.2 Å². The third kappa shape index (κ3) is 3.94. The third-order valence-corrected chi connectivity index (χ3v) is 4.52. The molecule has 0 fully saturated rings. The van der Waals surface area contributed by atoms with Crippen molar-refractivity contribution in [3.05, 3.63) is 75.4 Å². The first kappa shape index (κ1) is 19.8. The van der Waals surface area contributed by atoms with Crippen molar-refractivity contribution in [3.63, 3.8) is 0 Å². The molecule has 2 N–H and O–H groups in total. The molecule has 0 atom stereocenters. The van der Waals surface area contributed by atoms with Gasteiger partial charge >= 0.3 is 6.36 Å². The Kier molecular flexibility index (Phi) is 4.86. The molecule has 2 aromatic carbocycles. The van der Waals surface area contributed by atoms with Crippen molar-refractivity contribution in [1.82, 2.24) is 19.7 Å². The summed E-state index contributed by atoms with van der Waals surface area (Å²) in [6.07, 6.45) is -3.70. The zero-order valence-electron chi connectivity index (χ0n) is 14.9. The van der Waals surface area contributed by atoms with Gasteiger partial charge in [-0.15, -0.1) is 13.2 Å². The molecule has 0 unspecified atom stereocenters. The quantitative estimate of drug-likeness (QED) is 0.505. The molecule has 0 aliphatic carbocycles. The van der Waals surface area contributed by atoms with Gasteiger partial charge in [-0.05, 0) is 18.2 Å². The summed E-state index contributed by atoms with van der Waals surface area (Å²) in [5.41, 5.74) is 0.0810. The van der Waals surface area contributed by atoms with Crippen LogP contribution in [0.1, 0.15) is 11.4 Å². The first-order chi connectivity index (χ1) is 14.2. The van der Waals surface area contributed by atoms with Crippen molar-refractivity contribution >= 4 is 22.6 Å². The first-order valence-electron chi connectivity index (χ1n) is 8.51. The van der Waals surface area contributed by atoms with Crippen molar-refractivity contribution in [2.75, 3.05) is 0 Å². The van der Waals surface area contributed by atoms with E-state index in [1.807, 2.05) is 0 Å². The monoisotopic (exact) mass is 436 g/mol. The van der Waals surface area contributed by atoms with E-state index in [1.165, 1.54) is 47.3 Å². The van der Waals surface area contributed by atoms with Crippen molar-refractivity contribution < 1.29 is 23.0 Å². The van der Waals surface area contributed by atoms with Crippen LogP contribution in [-0.2, 0) is 6.42 Å². The molecule has 0 spiro atoms. The minimum atomic E-state index is -4.86. The van der Waals surface area contributed by atoms with Crippen LogP contribution in [0.25, 0.3) is 16.7 Å². The van der Waals surface area contributed by atoms with Gasteiger partial charge in [0, 0.05) is 18.1 Å². The van der Waals surface area contributed by atoms with Crippen molar-refractivity contribution in [3.8, 4) is 17.2 Å². The number of para-hydroxylation sites is 1. The van der Waals surface area contributed by atoms with Gasteiger partial charge in [0.25, 0.3) is 5.56 Å². The second-order valence-corrected chi connectivity index (χ2v) is 6.68. The number of aromatic hydroxyl groups is 1. The molecule has 0 saturated carbocycles. The summed E-state index contributed by atoms with van der Waals surface area (Å²) < 4.78 is 43.3. The molecule has 0 aliphatic rings. The fourth-order valence-electron chi connectivity index (χ4n) is 2.94. The minimum Gasteiger partial charge on any atom is -0.508 e. The highest BCUT2D eigenvalue weighted by Crippen LogP contribution is 2.28. The van der Waals surface area contributed by atoms with Gasteiger partial charge < -0.3 is 14.8 Å². The van der Waals surface area contributed by atoms with Gasteiger partial charge in [0.2, 0.25) is 0 Å². The van der Waals surface area contributed by atoms with Crippen molar-refractivity contribution in [2.24, 2.45) is 0 Å². The number of ether oxygens (including phenoxy) is 1. The Labute approximate surface area is 171 Å². The lowest BCUT2D eigenvalue weighted by Gasteiger charge is -2.13. The lowest BCUT2D eigenvalue weighted by Crippen LogP contribution is -2.18. The van der Waals surface area contributed by atoms with Gasteiger partial charge in [0.05, 0.1) is 16.9 Å². The van der Waals surface area contributed by atoms with Gasteiger partial charge in [-0.3, -0.25) is 4.79 Å². The Morgan fingerprint density at radius 1 is 1.20 bits per heavy atom. The van der Waals surface area contributed by atoms with E-state index in [4.69, 9.17) is 11.6 Å². The average molecular weight is 437 g/mol. The van der Waals surface area contributed by atoms with E-state index in [0.717, 1.165) is 0 Å². The lowest BCUT2D eigenvalue weighted by molar-refractivity contribution is -0.274. The largest absolute Gasteiger partial charge is 0.573 e. The molecule has 0 radical (unpaired) electrons. The predicted octanol–water partition coefficient (Wildman–Crippen LogP) is 3.96. The number of benzene rings is 2. The number of hydrogen-bond donors (Lipinski definition) is 2. The van der Waals surface area contributed by atoms with Gasteiger partial charge in [0.15, 0.2) is 5.65 Å². The molecule has 2 heterocycles. The van der Waals surface area contributed by atoms with Crippen LogP contribution >= 0.6 is 11.6 Å². The Morgan fingerprint density at radius 3 is 2.73 bits per heavy atom. The van der Waals surface area contributed by atoms with Crippen LogP contribution < -0.4 is 10.3 Å². The van der Waals surface area contributed by atoms with Gasteiger partial charge in [-0.1, -0.05) is 29.8 Å². The highest BCUT2D eigenvalue weighted by atomic mass is 35.5. The molecule has 0 aliphatic heterocycles. The number of phenols is 1. The molecule has 0 amide bonds. The zero-order chi connectivity index (χ0) is 21.5. The lowest BCUT2D eigenvalue weighted by atomic mass is 10.1. The maximum atomic E-state index is 12.7. The van der Waals surface area contributed by atoms with Gasteiger partial charge in [-0.2, -0.15) is 5.10 Å². The number of aromatic amines is 1.